The van der Waals surface area contributed by atoms with Gasteiger partial charge in [-0.05, 0) is 12.5 Å². The van der Waals surface area contributed by atoms with E-state index >= 15 is 0 Å². The first-order valence-electron chi connectivity index (χ1n) is 6.64. The van der Waals surface area contributed by atoms with Crippen LogP contribution in [0.1, 0.15) is 19.8 Å². The lowest BCUT2D eigenvalue weighted by Crippen LogP contribution is -2.34. The Bertz CT molecular complexity index is 477. The Labute approximate surface area is 127 Å². The molecule has 0 aliphatic carbocycles. The second-order valence-electron chi connectivity index (χ2n) is 5.23. The summed E-state index contributed by atoms with van der Waals surface area (Å²) in [4.78, 5) is 0. The van der Waals surface area contributed by atoms with Crippen LogP contribution in [0.4, 0.5) is 0 Å². The van der Waals surface area contributed by atoms with Crippen molar-refractivity contribution in [1.29, 1.82) is 0 Å². The van der Waals surface area contributed by atoms with Crippen molar-refractivity contribution in [2.45, 2.75) is 43.5 Å². The van der Waals surface area contributed by atoms with Crippen LogP contribution in [0.15, 0.2) is 22.4 Å². The molecule has 102 valence electrons. The summed E-state index contributed by atoms with van der Waals surface area (Å²) in [6.07, 6.45) is 11.3. The number of halogens is 2. The molecule has 0 aromatic rings. The summed E-state index contributed by atoms with van der Waals surface area (Å²) in [6, 6.07) is 0. The normalized spacial score (nSPS) is 43.4. The summed E-state index contributed by atoms with van der Waals surface area (Å²) in [5.41, 5.74) is 0. The third kappa shape index (κ3) is 2.05. The summed E-state index contributed by atoms with van der Waals surface area (Å²) in [7, 11) is 0. The minimum Gasteiger partial charge on any atom is -0.491 e. The van der Waals surface area contributed by atoms with Crippen LogP contribution in [-0.4, -0.2) is 23.7 Å². The molecule has 0 aromatic carbocycles. The molecule has 3 heterocycles. The van der Waals surface area contributed by atoms with E-state index in [0.717, 1.165) is 23.1 Å². The van der Waals surface area contributed by atoms with Crippen LogP contribution < -0.4 is 0 Å². The number of allylic oxidation sites excluding steroid dienone is 3. The van der Waals surface area contributed by atoms with E-state index in [2.05, 4.69) is 28.8 Å². The first-order valence-corrected chi connectivity index (χ1v) is 7.87. The van der Waals surface area contributed by atoms with Crippen LogP contribution in [0.25, 0.3) is 0 Å². The Morgan fingerprint density at radius 1 is 1.63 bits per heavy atom. The predicted octanol–water partition coefficient (Wildman–Crippen LogP) is 3.60. The first-order chi connectivity index (χ1) is 9.17. The maximum atomic E-state index is 6.51. The maximum Gasteiger partial charge on any atom is 0.128 e. The smallest absolute Gasteiger partial charge is 0.128 e. The van der Waals surface area contributed by atoms with Gasteiger partial charge in [-0.3, -0.25) is 0 Å². The zero-order valence-corrected chi connectivity index (χ0v) is 13.0. The van der Waals surface area contributed by atoms with E-state index in [0.29, 0.717) is 0 Å². The average molecular weight is 344 g/mol. The van der Waals surface area contributed by atoms with Gasteiger partial charge < -0.3 is 9.47 Å². The molecule has 0 N–H and O–H groups in total. The van der Waals surface area contributed by atoms with Gasteiger partial charge in [0.2, 0.25) is 0 Å². The fourth-order valence-corrected chi connectivity index (χ4v) is 4.25. The molecule has 3 fully saturated rings. The molecule has 19 heavy (non-hydrogen) atoms. The lowest BCUT2D eigenvalue weighted by molar-refractivity contribution is 0.0690. The molecule has 2 nitrogen and oxygen atoms in total. The molecule has 0 saturated carbocycles. The Balaban J connectivity index is 1.91. The predicted molar refractivity (Wildman–Crippen MR) is 79.0 cm³/mol. The number of alkyl halides is 1. The monoisotopic (exact) mass is 342 g/mol. The molecule has 2 bridgehead atoms. The number of ether oxygens (including phenoxy) is 2. The first kappa shape index (κ1) is 13.5. The highest BCUT2D eigenvalue weighted by Crippen LogP contribution is 2.56. The van der Waals surface area contributed by atoms with Gasteiger partial charge in [0.05, 0.1) is 17.4 Å². The SMILES string of the molecule is C#C/C=C\[C@H](Cl)[C@H]1[C@H]2/C(=C(/Br)CC)O[C@H]3C[C@@H]1O[C@@H]23. The lowest BCUT2D eigenvalue weighted by Gasteiger charge is -2.25. The zero-order chi connectivity index (χ0) is 13.6. The molecular weight excluding hydrogens is 328 g/mol. The van der Waals surface area contributed by atoms with Crippen molar-refractivity contribution in [2.75, 3.05) is 0 Å². The van der Waals surface area contributed by atoms with Gasteiger partial charge in [-0.15, -0.1) is 18.0 Å². The number of rotatable bonds is 3. The minimum absolute atomic E-state index is 0.106. The largest absolute Gasteiger partial charge is 0.491 e. The van der Waals surface area contributed by atoms with Crippen molar-refractivity contribution in [3.63, 3.8) is 0 Å². The van der Waals surface area contributed by atoms with Crippen molar-refractivity contribution in [3.8, 4) is 12.3 Å². The number of hydrogen-bond donors (Lipinski definition) is 0. The second-order valence-corrected chi connectivity index (χ2v) is 6.69. The van der Waals surface area contributed by atoms with Crippen molar-refractivity contribution in [2.24, 2.45) is 11.8 Å². The standard InChI is InChI=1S/C15H16BrClO2/c1-3-5-6-9(17)12-10-7-11-15(18-10)13(12)14(19-11)8(16)4-2/h1,5-6,9-13,15H,4,7H2,2H3/b6-5-,14-8-/t9-,10-,11-,12+,13-,15+/m0/s1. The highest BCUT2D eigenvalue weighted by Gasteiger charge is 2.63. The number of fused-ring (bicyclic) bond motifs is 1. The Morgan fingerprint density at radius 2 is 2.42 bits per heavy atom. The zero-order valence-electron chi connectivity index (χ0n) is 10.7. The molecule has 0 spiro atoms. The van der Waals surface area contributed by atoms with E-state index in [1.165, 1.54) is 0 Å². The van der Waals surface area contributed by atoms with Crippen molar-refractivity contribution < 1.29 is 9.47 Å². The topological polar surface area (TPSA) is 18.5 Å². The summed E-state index contributed by atoms with van der Waals surface area (Å²) in [5, 5.41) is -0.106. The summed E-state index contributed by atoms with van der Waals surface area (Å²) < 4.78 is 13.2. The highest BCUT2D eigenvalue weighted by atomic mass is 79.9. The molecule has 3 aliphatic rings. The third-order valence-electron chi connectivity index (χ3n) is 4.26. The van der Waals surface area contributed by atoms with E-state index < -0.39 is 0 Å². The van der Waals surface area contributed by atoms with E-state index in [1.807, 2.05) is 6.08 Å². The van der Waals surface area contributed by atoms with Crippen molar-refractivity contribution in [3.05, 3.63) is 22.4 Å². The van der Waals surface area contributed by atoms with Gasteiger partial charge in [0, 0.05) is 16.8 Å². The van der Waals surface area contributed by atoms with E-state index in [4.69, 9.17) is 27.5 Å². The Morgan fingerprint density at radius 3 is 3.11 bits per heavy atom. The fourth-order valence-electron chi connectivity index (χ4n) is 3.50. The Hall–Kier alpha value is -0.430. The highest BCUT2D eigenvalue weighted by molar-refractivity contribution is 9.11. The molecule has 3 rings (SSSR count). The molecule has 0 aromatic heterocycles. The average Bonchev–Trinajstić information content (AvgIpc) is 3.02. The molecule has 0 amide bonds. The Kier molecular flexibility index (Phi) is 3.68. The van der Waals surface area contributed by atoms with Gasteiger partial charge in [0.25, 0.3) is 0 Å². The third-order valence-corrected chi connectivity index (χ3v) is 5.65. The molecule has 3 saturated heterocycles. The molecule has 6 atom stereocenters. The van der Waals surface area contributed by atoms with Crippen molar-refractivity contribution >= 4 is 27.5 Å². The molecule has 0 radical (unpaired) electrons. The van der Waals surface area contributed by atoms with Crippen LogP contribution >= 0.6 is 27.5 Å². The number of hydrogen-bond acceptors (Lipinski definition) is 2. The quantitative estimate of drug-likeness (QED) is 0.576. The van der Waals surface area contributed by atoms with Crippen molar-refractivity contribution in [1.82, 2.24) is 0 Å². The maximum absolute atomic E-state index is 6.51. The van der Waals surface area contributed by atoms with E-state index in [9.17, 15) is 0 Å². The molecule has 4 heteroatoms. The molecule has 0 unspecified atom stereocenters. The number of terminal acetylenes is 1. The summed E-state index contributed by atoms with van der Waals surface area (Å²) in [5.74, 6) is 4.06. The minimum atomic E-state index is -0.106. The van der Waals surface area contributed by atoms with Crippen LogP contribution in [0.2, 0.25) is 0 Å². The molecule has 3 aliphatic heterocycles. The van der Waals surface area contributed by atoms with Gasteiger partial charge in [-0.25, -0.2) is 0 Å². The van der Waals surface area contributed by atoms with Gasteiger partial charge >= 0.3 is 0 Å². The van der Waals surface area contributed by atoms with Gasteiger partial charge in [-0.1, -0.05) is 34.9 Å². The molecular formula is C15H16BrClO2. The van der Waals surface area contributed by atoms with Crippen LogP contribution in [0, 0.1) is 24.2 Å². The van der Waals surface area contributed by atoms with Gasteiger partial charge in [0.1, 0.15) is 18.0 Å². The van der Waals surface area contributed by atoms with Crippen LogP contribution in [0.5, 0.6) is 0 Å². The van der Waals surface area contributed by atoms with Crippen LogP contribution in [-0.2, 0) is 9.47 Å². The van der Waals surface area contributed by atoms with Gasteiger partial charge in [-0.2, -0.15) is 0 Å². The summed E-state index contributed by atoms with van der Waals surface area (Å²) in [6.45, 7) is 2.11. The summed E-state index contributed by atoms with van der Waals surface area (Å²) >= 11 is 10.1. The van der Waals surface area contributed by atoms with Gasteiger partial charge in [0.15, 0.2) is 0 Å². The van der Waals surface area contributed by atoms with E-state index in [1.54, 1.807) is 6.08 Å². The van der Waals surface area contributed by atoms with Crippen LogP contribution in [0.3, 0.4) is 0 Å². The second kappa shape index (κ2) is 5.16. The van der Waals surface area contributed by atoms with E-state index in [-0.39, 0.29) is 35.5 Å². The lowest BCUT2D eigenvalue weighted by atomic mass is 9.77. The fraction of sp³-hybridized carbons (Fsp3) is 0.600.